The van der Waals surface area contributed by atoms with Gasteiger partial charge >= 0.3 is 6.03 Å². The van der Waals surface area contributed by atoms with Crippen molar-refractivity contribution in [3.05, 3.63) is 36.4 Å². The van der Waals surface area contributed by atoms with Crippen molar-refractivity contribution < 1.29 is 19.0 Å². The number of amides is 2. The first kappa shape index (κ1) is 21.2. The van der Waals surface area contributed by atoms with Gasteiger partial charge in [0.2, 0.25) is 5.75 Å². The first-order valence-corrected chi connectivity index (χ1v) is 9.40. The van der Waals surface area contributed by atoms with E-state index in [1.807, 2.05) is 64.0 Å². The van der Waals surface area contributed by atoms with Crippen LogP contribution in [0.15, 0.2) is 36.4 Å². The van der Waals surface area contributed by atoms with Gasteiger partial charge in [0.15, 0.2) is 11.5 Å². The van der Waals surface area contributed by atoms with E-state index >= 15 is 0 Å². The van der Waals surface area contributed by atoms with Crippen LogP contribution in [0.2, 0.25) is 0 Å². The fourth-order valence-corrected chi connectivity index (χ4v) is 2.62. The van der Waals surface area contributed by atoms with E-state index in [-0.39, 0.29) is 6.03 Å². The highest BCUT2D eigenvalue weighted by Gasteiger charge is 2.16. The van der Waals surface area contributed by atoms with Gasteiger partial charge in [0.05, 0.1) is 25.5 Å². The zero-order valence-electron chi connectivity index (χ0n) is 17.2. The van der Waals surface area contributed by atoms with Crippen LogP contribution in [0.4, 0.5) is 21.9 Å². The van der Waals surface area contributed by atoms with Gasteiger partial charge in [-0.2, -0.15) is 0 Å². The summed E-state index contributed by atoms with van der Waals surface area (Å²) in [5.41, 5.74) is 2.25. The minimum atomic E-state index is -0.357. The van der Waals surface area contributed by atoms with Crippen molar-refractivity contribution in [3.8, 4) is 17.2 Å². The summed E-state index contributed by atoms with van der Waals surface area (Å²) >= 11 is 0. The largest absolute Gasteiger partial charge is 0.490 e. The van der Waals surface area contributed by atoms with E-state index in [2.05, 4.69) is 10.6 Å². The van der Waals surface area contributed by atoms with Crippen molar-refractivity contribution in [2.24, 2.45) is 0 Å². The SMILES string of the molecule is CCOc1cc(NC(=O)Nc2cccc(N(C)C)c2)cc(OCC)c1OCC. The number of anilines is 3. The Hall–Kier alpha value is -3.09. The molecule has 0 saturated heterocycles. The lowest BCUT2D eigenvalue weighted by atomic mass is 10.2. The molecule has 0 spiro atoms. The second kappa shape index (κ2) is 10.3. The third kappa shape index (κ3) is 5.70. The Morgan fingerprint density at radius 2 is 1.43 bits per heavy atom. The lowest BCUT2D eigenvalue weighted by molar-refractivity contribution is 0.260. The lowest BCUT2D eigenvalue weighted by Gasteiger charge is -2.18. The molecule has 0 atom stereocenters. The quantitative estimate of drug-likeness (QED) is 0.658. The van der Waals surface area contributed by atoms with Crippen LogP contribution in [0.1, 0.15) is 20.8 Å². The van der Waals surface area contributed by atoms with Gasteiger partial charge in [-0.15, -0.1) is 0 Å². The topological polar surface area (TPSA) is 72.1 Å². The van der Waals surface area contributed by atoms with Gasteiger partial charge in [-0.1, -0.05) is 6.07 Å². The van der Waals surface area contributed by atoms with Gasteiger partial charge in [-0.05, 0) is 39.0 Å². The highest BCUT2D eigenvalue weighted by Crippen LogP contribution is 2.40. The Balaban J connectivity index is 2.21. The van der Waals surface area contributed by atoms with Crippen LogP contribution in [-0.4, -0.2) is 39.9 Å². The third-order valence-corrected chi connectivity index (χ3v) is 3.79. The molecule has 0 aliphatic carbocycles. The summed E-state index contributed by atoms with van der Waals surface area (Å²) in [4.78, 5) is 14.4. The van der Waals surface area contributed by atoms with Crippen molar-refractivity contribution in [1.29, 1.82) is 0 Å². The van der Waals surface area contributed by atoms with Crippen LogP contribution in [-0.2, 0) is 0 Å². The molecule has 0 bridgehead atoms. The first-order valence-electron chi connectivity index (χ1n) is 9.40. The van der Waals surface area contributed by atoms with Gasteiger partial charge in [0.1, 0.15) is 0 Å². The molecule has 0 radical (unpaired) electrons. The molecule has 2 N–H and O–H groups in total. The normalized spacial score (nSPS) is 10.2. The first-order chi connectivity index (χ1) is 13.5. The lowest BCUT2D eigenvalue weighted by Crippen LogP contribution is -2.20. The Morgan fingerprint density at radius 3 is 1.96 bits per heavy atom. The second-order valence-electron chi connectivity index (χ2n) is 6.12. The molecule has 0 heterocycles. The second-order valence-corrected chi connectivity index (χ2v) is 6.12. The van der Waals surface area contributed by atoms with Crippen molar-refractivity contribution in [1.82, 2.24) is 0 Å². The molecule has 7 heteroatoms. The molecule has 2 rings (SSSR count). The molecule has 7 nitrogen and oxygen atoms in total. The fourth-order valence-electron chi connectivity index (χ4n) is 2.62. The van der Waals surface area contributed by atoms with Crippen LogP contribution >= 0.6 is 0 Å². The number of urea groups is 1. The Bertz CT molecular complexity index is 766. The van der Waals surface area contributed by atoms with Crippen LogP contribution in [0.3, 0.4) is 0 Å². The minimum Gasteiger partial charge on any atom is -0.490 e. The van der Waals surface area contributed by atoms with E-state index < -0.39 is 0 Å². The Kier molecular flexibility index (Phi) is 7.80. The summed E-state index contributed by atoms with van der Waals surface area (Å²) in [7, 11) is 3.90. The van der Waals surface area contributed by atoms with E-state index in [0.717, 1.165) is 5.69 Å². The Morgan fingerprint density at radius 1 is 0.857 bits per heavy atom. The molecule has 2 aromatic rings. The Labute approximate surface area is 166 Å². The average molecular weight is 387 g/mol. The highest BCUT2D eigenvalue weighted by atomic mass is 16.5. The van der Waals surface area contributed by atoms with Crippen LogP contribution < -0.4 is 29.7 Å². The van der Waals surface area contributed by atoms with Gasteiger partial charge in [-0.25, -0.2) is 4.79 Å². The van der Waals surface area contributed by atoms with Gasteiger partial charge in [0.25, 0.3) is 0 Å². The molecule has 2 aromatic carbocycles. The average Bonchev–Trinajstić information content (AvgIpc) is 2.65. The standard InChI is InChI=1S/C21H29N3O4/c1-6-26-18-13-16(14-19(27-7-2)20(18)28-8-3)23-21(25)22-15-10-9-11-17(12-15)24(4)5/h9-14H,6-8H2,1-5H3,(H2,22,23,25). The number of nitrogens with one attached hydrogen (secondary N) is 2. The number of benzene rings is 2. The molecule has 0 fully saturated rings. The molecule has 152 valence electrons. The predicted octanol–water partition coefficient (Wildman–Crippen LogP) is 4.59. The van der Waals surface area contributed by atoms with Crippen LogP contribution in [0.25, 0.3) is 0 Å². The predicted molar refractivity (Wildman–Crippen MR) is 113 cm³/mol. The van der Waals surface area contributed by atoms with Crippen molar-refractivity contribution >= 4 is 23.1 Å². The maximum Gasteiger partial charge on any atom is 0.323 e. The molecule has 0 aliphatic rings. The maximum absolute atomic E-state index is 12.5. The van der Waals surface area contributed by atoms with Gasteiger partial charge in [-0.3, -0.25) is 0 Å². The van der Waals surface area contributed by atoms with Crippen molar-refractivity contribution in [3.63, 3.8) is 0 Å². The molecule has 28 heavy (non-hydrogen) atoms. The van der Waals surface area contributed by atoms with E-state index in [9.17, 15) is 4.79 Å². The summed E-state index contributed by atoms with van der Waals surface area (Å²) in [6.45, 7) is 7.10. The number of carbonyl (C=O) groups excluding carboxylic acids is 1. The number of ether oxygens (including phenoxy) is 3. The molecule has 0 unspecified atom stereocenters. The zero-order valence-corrected chi connectivity index (χ0v) is 17.2. The molecule has 2 amide bonds. The third-order valence-electron chi connectivity index (χ3n) is 3.79. The maximum atomic E-state index is 12.5. The number of carbonyl (C=O) groups is 1. The number of hydrogen-bond donors (Lipinski definition) is 2. The smallest absolute Gasteiger partial charge is 0.323 e. The molecule has 0 aliphatic heterocycles. The summed E-state index contributed by atoms with van der Waals surface area (Å²) < 4.78 is 17.0. The van der Waals surface area contributed by atoms with E-state index in [4.69, 9.17) is 14.2 Å². The molecular weight excluding hydrogens is 358 g/mol. The monoisotopic (exact) mass is 387 g/mol. The summed E-state index contributed by atoms with van der Waals surface area (Å²) in [5.74, 6) is 1.59. The summed E-state index contributed by atoms with van der Waals surface area (Å²) in [5, 5.41) is 5.67. The summed E-state index contributed by atoms with van der Waals surface area (Å²) in [6.07, 6.45) is 0. The highest BCUT2D eigenvalue weighted by molar-refractivity contribution is 6.00. The van der Waals surface area contributed by atoms with Gasteiger partial charge < -0.3 is 29.7 Å². The summed E-state index contributed by atoms with van der Waals surface area (Å²) in [6, 6.07) is 10.7. The zero-order chi connectivity index (χ0) is 20.5. The van der Waals surface area contributed by atoms with E-state index in [0.29, 0.717) is 48.4 Å². The number of hydrogen-bond acceptors (Lipinski definition) is 5. The van der Waals surface area contributed by atoms with Gasteiger partial charge in [0, 0.05) is 37.6 Å². The van der Waals surface area contributed by atoms with Crippen molar-refractivity contribution in [2.45, 2.75) is 20.8 Å². The van der Waals surface area contributed by atoms with E-state index in [1.165, 1.54) is 0 Å². The molecular formula is C21H29N3O4. The minimum absolute atomic E-state index is 0.357. The van der Waals surface area contributed by atoms with Crippen LogP contribution in [0.5, 0.6) is 17.2 Å². The van der Waals surface area contributed by atoms with Crippen LogP contribution in [0, 0.1) is 0 Å². The number of nitrogens with zero attached hydrogens (tertiary/aromatic N) is 1. The molecule has 0 saturated carbocycles. The fraction of sp³-hybridized carbons (Fsp3) is 0.381. The van der Waals surface area contributed by atoms with Crippen molar-refractivity contribution in [2.75, 3.05) is 49.4 Å². The molecule has 0 aromatic heterocycles. The number of rotatable bonds is 9. The van der Waals surface area contributed by atoms with E-state index in [1.54, 1.807) is 12.1 Å².